The Morgan fingerprint density at radius 1 is 0.909 bits per heavy atom. The van der Waals surface area contributed by atoms with Crippen LogP contribution in [0.1, 0.15) is 27.7 Å². The van der Waals surface area contributed by atoms with E-state index in [9.17, 15) is 35.9 Å². The van der Waals surface area contributed by atoms with Crippen molar-refractivity contribution in [1.82, 2.24) is 0 Å². The molecule has 0 fully saturated rings. The van der Waals surface area contributed by atoms with Gasteiger partial charge in [-0.1, -0.05) is 30.8 Å². The first-order valence-electron chi connectivity index (χ1n) is 4.64. The Morgan fingerprint density at radius 2 is 1.23 bits per heavy atom. The monoisotopic (exact) mass is 409 g/mol. The quantitative estimate of drug-likeness (QED) is 0.487. The predicted molar refractivity (Wildman–Crippen MR) is 70.8 cm³/mol. The maximum atomic E-state index is 11.4. The molecule has 0 radical (unpaired) electrons. The molecule has 0 aliphatic carbocycles. The molecule has 22 heavy (non-hydrogen) atoms. The second-order valence-electron chi connectivity index (χ2n) is 3.39. The van der Waals surface area contributed by atoms with E-state index in [0.717, 1.165) is 0 Å². The van der Waals surface area contributed by atoms with Crippen molar-refractivity contribution in [2.24, 2.45) is 5.73 Å². The van der Waals surface area contributed by atoms with Gasteiger partial charge in [-0.05, 0) is 0 Å². The van der Waals surface area contributed by atoms with E-state index in [1.807, 2.05) is 0 Å². The average Bonchev–Trinajstić information content (AvgIpc) is 2.12. The van der Waals surface area contributed by atoms with Crippen molar-refractivity contribution in [2.45, 2.75) is 50.9 Å². The summed E-state index contributed by atoms with van der Waals surface area (Å²) in [5.41, 5.74) is 4.58. The van der Waals surface area contributed by atoms with Gasteiger partial charge in [-0.25, -0.2) is 0 Å². The summed E-state index contributed by atoms with van der Waals surface area (Å²) in [7, 11) is 0. The summed E-state index contributed by atoms with van der Waals surface area (Å²) in [6, 6.07) is -1.85. The Morgan fingerprint density at radius 3 is 1.32 bits per heavy atom. The molecule has 0 heterocycles. The lowest BCUT2D eigenvalue weighted by Gasteiger charge is -2.08. The molecule has 0 bridgehead atoms. The zero-order chi connectivity index (χ0) is 16.7. The molecule has 5 nitrogen and oxygen atoms in total. The van der Waals surface area contributed by atoms with Crippen molar-refractivity contribution in [3.8, 4) is 0 Å². The van der Waals surface area contributed by atoms with Crippen LogP contribution < -0.4 is 5.73 Å². The Kier molecular flexibility index (Phi) is 15.2. The topological polar surface area (TPSA) is 101 Å². The number of rotatable bonds is 4. The van der Waals surface area contributed by atoms with E-state index in [4.69, 9.17) is 10.2 Å². The molecule has 0 aromatic carbocycles. The molecule has 0 amide bonds. The first-order valence-corrected chi connectivity index (χ1v) is 5.56. The number of aliphatic carboxylic acids is 2. The van der Waals surface area contributed by atoms with Crippen LogP contribution in [0.4, 0.5) is 26.3 Å². The maximum absolute atomic E-state index is 11.4. The summed E-state index contributed by atoms with van der Waals surface area (Å²) < 4.78 is 68.1. The Labute approximate surface area is 131 Å². The van der Waals surface area contributed by atoms with Crippen molar-refractivity contribution >= 4 is 27.9 Å². The molecule has 4 N–H and O–H groups in total. The molecule has 2 atom stereocenters. The van der Waals surface area contributed by atoms with Crippen molar-refractivity contribution in [3.63, 3.8) is 0 Å². The highest BCUT2D eigenvalue weighted by molar-refractivity contribution is 9.10. The number of carboxylic acid groups (broad SMARTS) is 2. The van der Waals surface area contributed by atoms with Crippen LogP contribution in [-0.2, 0) is 9.59 Å². The summed E-state index contributed by atoms with van der Waals surface area (Å²) in [6.07, 6.45) is -11.8. The zero-order valence-corrected chi connectivity index (χ0v) is 11.1. The Balaban J connectivity index is -0.000000135. The molecule has 0 aromatic rings. The first-order chi connectivity index (χ1) is 8.65. The van der Waals surface area contributed by atoms with E-state index in [1.54, 1.807) is 0 Å². The highest BCUT2D eigenvalue weighted by atomic mass is 79.9. The summed E-state index contributed by atoms with van der Waals surface area (Å²) in [4.78, 5) is 18.0. The van der Waals surface area contributed by atoms with Crippen molar-refractivity contribution in [2.75, 3.05) is 0 Å². The number of carbonyl (C=O) groups is 2. The lowest BCUT2D eigenvalue weighted by atomic mass is 10.2. The molecule has 0 spiro atoms. The number of nitrogens with two attached hydrogens (primary N) is 1. The summed E-state index contributed by atoms with van der Waals surface area (Å²) >= 11 is 2.36. The highest BCUT2D eigenvalue weighted by Gasteiger charge is 2.34. The van der Waals surface area contributed by atoms with E-state index >= 15 is 0 Å². The third-order valence-corrected chi connectivity index (χ3v) is 2.16. The molecule has 0 rings (SSSR count). The third kappa shape index (κ3) is 21.3. The van der Waals surface area contributed by atoms with Crippen LogP contribution in [0.3, 0.4) is 0 Å². The van der Waals surface area contributed by atoms with E-state index in [1.165, 1.54) is 0 Å². The maximum Gasteiger partial charge on any atom is 0.391 e. The van der Waals surface area contributed by atoms with Gasteiger partial charge in [-0.2, -0.15) is 26.3 Å². The van der Waals surface area contributed by atoms with Gasteiger partial charge in [-0.3, -0.25) is 9.59 Å². The summed E-state index contributed by atoms with van der Waals surface area (Å²) in [6.45, 7) is 0. The first kappa shape index (κ1) is 29.0. The van der Waals surface area contributed by atoms with Crippen molar-refractivity contribution < 1.29 is 46.1 Å². The van der Waals surface area contributed by atoms with Gasteiger partial charge in [0.2, 0.25) is 0 Å². The van der Waals surface area contributed by atoms with Crippen LogP contribution in [-0.4, -0.2) is 45.4 Å². The fourth-order valence-corrected chi connectivity index (χ4v) is 0.994. The zero-order valence-electron chi connectivity index (χ0n) is 9.50. The SMILES string of the molecule is C.C.NC(CC(F)(F)F)C(=O)O.O=C(O)C(Br)CC(F)(F)F. The molecule has 0 aliphatic heterocycles. The Hall–Kier alpha value is -1.04. The molecule has 136 valence electrons. The standard InChI is InChI=1S/C4H4BrF3O2.C4H6F3NO2.2CH4/c5-2(3(9)10)1-4(6,7)8;5-4(6,7)1-2(8)3(9)10;;/h2H,1H2,(H,9,10);2H,1,8H2,(H,9,10);2*1H4. The second kappa shape index (κ2) is 11.5. The van der Waals surface area contributed by atoms with E-state index in [0.29, 0.717) is 0 Å². The van der Waals surface area contributed by atoms with Gasteiger partial charge in [0.1, 0.15) is 10.9 Å². The number of alkyl halides is 7. The van der Waals surface area contributed by atoms with Gasteiger partial charge in [0, 0.05) is 0 Å². The molecule has 0 saturated heterocycles. The van der Waals surface area contributed by atoms with Crippen LogP contribution in [0, 0.1) is 0 Å². The molecule has 0 aromatic heterocycles. The molecule has 12 heteroatoms. The van der Waals surface area contributed by atoms with Gasteiger partial charge in [0.25, 0.3) is 0 Å². The minimum atomic E-state index is -4.50. The van der Waals surface area contributed by atoms with Gasteiger partial charge in [-0.15, -0.1) is 0 Å². The van der Waals surface area contributed by atoms with Crippen LogP contribution in [0.15, 0.2) is 0 Å². The third-order valence-electron chi connectivity index (χ3n) is 1.45. The number of halogens is 7. The molecule has 2 unspecified atom stereocenters. The number of carboxylic acids is 2. The van der Waals surface area contributed by atoms with Gasteiger partial charge >= 0.3 is 24.3 Å². The molecular weight excluding hydrogens is 392 g/mol. The Bertz CT molecular complexity index is 302. The van der Waals surface area contributed by atoms with Crippen LogP contribution in [0.5, 0.6) is 0 Å². The largest absolute Gasteiger partial charge is 0.480 e. The minimum Gasteiger partial charge on any atom is -0.480 e. The minimum absolute atomic E-state index is 0. The fourth-order valence-electron chi connectivity index (χ4n) is 0.627. The lowest BCUT2D eigenvalue weighted by molar-refractivity contribution is -0.156. The molecule has 0 aliphatic rings. The van der Waals surface area contributed by atoms with Crippen LogP contribution in [0.2, 0.25) is 0 Å². The van der Waals surface area contributed by atoms with E-state index in [2.05, 4.69) is 21.7 Å². The average molecular weight is 410 g/mol. The second-order valence-corrected chi connectivity index (χ2v) is 4.49. The van der Waals surface area contributed by atoms with E-state index in [-0.39, 0.29) is 14.9 Å². The molecular formula is C10H18BrF6NO4. The van der Waals surface area contributed by atoms with E-state index < -0.39 is 48.0 Å². The number of hydrogen-bond donors (Lipinski definition) is 3. The van der Waals surface area contributed by atoms with Crippen LogP contribution in [0.25, 0.3) is 0 Å². The van der Waals surface area contributed by atoms with Crippen LogP contribution >= 0.6 is 15.9 Å². The lowest BCUT2D eigenvalue weighted by Crippen LogP contribution is -2.34. The van der Waals surface area contributed by atoms with Gasteiger partial charge < -0.3 is 15.9 Å². The van der Waals surface area contributed by atoms with Gasteiger partial charge in [0.05, 0.1) is 12.8 Å². The van der Waals surface area contributed by atoms with Crippen molar-refractivity contribution in [3.05, 3.63) is 0 Å². The molecule has 0 saturated carbocycles. The van der Waals surface area contributed by atoms with Crippen molar-refractivity contribution in [1.29, 1.82) is 0 Å². The fraction of sp³-hybridized carbons (Fsp3) is 0.800. The normalized spacial score (nSPS) is 13.5. The number of hydrogen-bond acceptors (Lipinski definition) is 3. The summed E-state index contributed by atoms with van der Waals surface area (Å²) in [5, 5.41) is 15.9. The highest BCUT2D eigenvalue weighted by Crippen LogP contribution is 2.24. The van der Waals surface area contributed by atoms with Gasteiger partial charge in [0.15, 0.2) is 0 Å². The smallest absolute Gasteiger partial charge is 0.391 e. The summed E-state index contributed by atoms with van der Waals surface area (Å²) in [5.74, 6) is -3.14. The predicted octanol–water partition coefficient (Wildman–Crippen LogP) is 3.41.